The first-order valence-electron chi connectivity index (χ1n) is 4.83. The molecule has 0 atom stereocenters. The van der Waals surface area contributed by atoms with Crippen molar-refractivity contribution in [2.75, 3.05) is 6.54 Å². The van der Waals surface area contributed by atoms with Crippen molar-refractivity contribution in [1.82, 2.24) is 5.32 Å². The van der Waals surface area contributed by atoms with Crippen LogP contribution in [0, 0.1) is 0 Å². The third-order valence-electron chi connectivity index (χ3n) is 1.79. The summed E-state index contributed by atoms with van der Waals surface area (Å²) in [6.45, 7) is 5.68. The molecular weight excluding hydrogens is 190 g/mol. The summed E-state index contributed by atoms with van der Waals surface area (Å²) >= 11 is 0. The summed E-state index contributed by atoms with van der Waals surface area (Å²) in [4.78, 5) is 11.0. The summed E-state index contributed by atoms with van der Waals surface area (Å²) in [5.74, 6) is 0.396. The molecule has 0 aromatic heterocycles. The number of allylic oxidation sites excluding steroid dienone is 1. The first kappa shape index (κ1) is 11.3. The number of carbonyl (C=O) groups excluding carboxylic acids is 1. The lowest BCUT2D eigenvalue weighted by molar-refractivity contribution is 0.177. The van der Waals surface area contributed by atoms with Crippen molar-refractivity contribution >= 4 is 6.09 Å². The van der Waals surface area contributed by atoms with Gasteiger partial charge < -0.3 is 10.1 Å². The van der Waals surface area contributed by atoms with Crippen LogP contribution in [0.2, 0.25) is 0 Å². The standard InChI is InChI=1S/C12H15NO2/c1-10(2)15-12(14)13-9-8-11-6-4-3-5-7-11/h3-7H,1,8-9H2,2H3,(H,13,14). The molecule has 3 nitrogen and oxygen atoms in total. The van der Waals surface area contributed by atoms with Gasteiger partial charge in [-0.25, -0.2) is 4.79 Å². The molecule has 0 aliphatic heterocycles. The fourth-order valence-electron chi connectivity index (χ4n) is 1.15. The molecule has 80 valence electrons. The average molecular weight is 205 g/mol. The van der Waals surface area contributed by atoms with E-state index in [-0.39, 0.29) is 0 Å². The molecule has 1 aromatic carbocycles. The second-order valence-electron chi connectivity index (χ2n) is 3.25. The SMILES string of the molecule is C=C(C)OC(=O)NCCc1ccccc1. The molecule has 0 aliphatic rings. The van der Waals surface area contributed by atoms with E-state index in [0.29, 0.717) is 12.3 Å². The summed E-state index contributed by atoms with van der Waals surface area (Å²) < 4.78 is 4.74. The normalized spacial score (nSPS) is 9.40. The van der Waals surface area contributed by atoms with Crippen LogP contribution in [0.15, 0.2) is 42.7 Å². The molecule has 1 aromatic rings. The topological polar surface area (TPSA) is 38.3 Å². The van der Waals surface area contributed by atoms with Crippen molar-refractivity contribution in [3.05, 3.63) is 48.2 Å². The number of ether oxygens (including phenoxy) is 1. The Balaban J connectivity index is 2.22. The van der Waals surface area contributed by atoms with E-state index in [2.05, 4.69) is 11.9 Å². The Labute approximate surface area is 89.8 Å². The minimum absolute atomic E-state index is 0.396. The molecule has 0 saturated heterocycles. The number of benzene rings is 1. The highest BCUT2D eigenvalue weighted by Gasteiger charge is 2.00. The van der Waals surface area contributed by atoms with Gasteiger partial charge in [-0.1, -0.05) is 36.9 Å². The van der Waals surface area contributed by atoms with Crippen LogP contribution in [0.5, 0.6) is 0 Å². The quantitative estimate of drug-likeness (QED) is 0.767. The molecule has 1 rings (SSSR count). The summed E-state index contributed by atoms with van der Waals surface area (Å²) in [5.41, 5.74) is 1.19. The van der Waals surface area contributed by atoms with Gasteiger partial charge in [-0.2, -0.15) is 0 Å². The highest BCUT2D eigenvalue weighted by atomic mass is 16.6. The van der Waals surface area contributed by atoms with Crippen molar-refractivity contribution < 1.29 is 9.53 Å². The molecule has 0 saturated carbocycles. The maximum absolute atomic E-state index is 11.0. The van der Waals surface area contributed by atoms with Gasteiger partial charge in [0.15, 0.2) is 0 Å². The number of carbonyl (C=O) groups is 1. The van der Waals surface area contributed by atoms with Gasteiger partial charge in [0.2, 0.25) is 0 Å². The first-order valence-corrected chi connectivity index (χ1v) is 4.83. The minimum atomic E-state index is -0.446. The van der Waals surface area contributed by atoms with Crippen LogP contribution < -0.4 is 5.32 Å². The van der Waals surface area contributed by atoms with Gasteiger partial charge in [-0.3, -0.25) is 0 Å². The second-order valence-corrected chi connectivity index (χ2v) is 3.25. The third kappa shape index (κ3) is 4.86. The van der Waals surface area contributed by atoms with Crippen LogP contribution in [-0.2, 0) is 11.2 Å². The maximum Gasteiger partial charge on any atom is 0.412 e. The van der Waals surface area contributed by atoms with Crippen LogP contribution in [0.3, 0.4) is 0 Å². The largest absolute Gasteiger partial charge is 0.416 e. The molecular formula is C12H15NO2. The number of alkyl carbamates (subject to hydrolysis) is 1. The third-order valence-corrected chi connectivity index (χ3v) is 1.79. The first-order chi connectivity index (χ1) is 7.18. The number of amides is 1. The van der Waals surface area contributed by atoms with Gasteiger partial charge >= 0.3 is 6.09 Å². The zero-order valence-corrected chi connectivity index (χ0v) is 8.82. The zero-order valence-electron chi connectivity index (χ0n) is 8.82. The lowest BCUT2D eigenvalue weighted by atomic mass is 10.1. The summed E-state index contributed by atoms with van der Waals surface area (Å²) in [6.07, 6.45) is 0.352. The van der Waals surface area contributed by atoms with Crippen LogP contribution in [0.1, 0.15) is 12.5 Å². The molecule has 0 spiro atoms. The number of rotatable bonds is 4. The zero-order chi connectivity index (χ0) is 11.1. The fourth-order valence-corrected chi connectivity index (χ4v) is 1.15. The molecule has 3 heteroatoms. The van der Waals surface area contributed by atoms with E-state index in [4.69, 9.17) is 4.74 Å². The highest BCUT2D eigenvalue weighted by molar-refractivity contribution is 5.68. The van der Waals surface area contributed by atoms with Crippen molar-refractivity contribution in [2.45, 2.75) is 13.3 Å². The summed E-state index contributed by atoms with van der Waals surface area (Å²) in [6, 6.07) is 9.95. The van der Waals surface area contributed by atoms with E-state index in [9.17, 15) is 4.79 Å². The van der Waals surface area contributed by atoms with Crippen LogP contribution in [-0.4, -0.2) is 12.6 Å². The lowest BCUT2D eigenvalue weighted by Gasteiger charge is -2.05. The Hall–Kier alpha value is -1.77. The molecule has 0 heterocycles. The Morgan fingerprint density at radius 3 is 2.67 bits per heavy atom. The van der Waals surface area contributed by atoms with Gasteiger partial charge in [0.25, 0.3) is 0 Å². The van der Waals surface area contributed by atoms with Crippen LogP contribution in [0.4, 0.5) is 4.79 Å². The minimum Gasteiger partial charge on any atom is -0.416 e. The predicted octanol–water partition coefficient (Wildman–Crippen LogP) is 2.49. The van der Waals surface area contributed by atoms with E-state index in [0.717, 1.165) is 6.42 Å². The van der Waals surface area contributed by atoms with E-state index in [1.165, 1.54) is 5.56 Å². The fraction of sp³-hybridized carbons (Fsp3) is 0.250. The molecule has 0 fully saturated rings. The van der Waals surface area contributed by atoms with Crippen LogP contribution >= 0.6 is 0 Å². The van der Waals surface area contributed by atoms with Crippen LogP contribution in [0.25, 0.3) is 0 Å². The monoisotopic (exact) mass is 205 g/mol. The summed E-state index contributed by atoms with van der Waals surface area (Å²) in [7, 11) is 0. The molecule has 15 heavy (non-hydrogen) atoms. The Kier molecular flexibility index (Phi) is 4.41. The van der Waals surface area contributed by atoms with E-state index >= 15 is 0 Å². The molecule has 1 N–H and O–H groups in total. The second kappa shape index (κ2) is 5.86. The Morgan fingerprint density at radius 2 is 2.07 bits per heavy atom. The van der Waals surface area contributed by atoms with Gasteiger partial charge in [-0.05, 0) is 18.9 Å². The van der Waals surface area contributed by atoms with Crippen molar-refractivity contribution in [1.29, 1.82) is 0 Å². The van der Waals surface area contributed by atoms with Gasteiger partial charge in [0.05, 0.1) is 5.76 Å². The average Bonchev–Trinajstić information content (AvgIpc) is 2.18. The smallest absolute Gasteiger partial charge is 0.412 e. The van der Waals surface area contributed by atoms with Gasteiger partial charge in [0, 0.05) is 6.54 Å². The van der Waals surface area contributed by atoms with Gasteiger partial charge in [-0.15, -0.1) is 0 Å². The van der Waals surface area contributed by atoms with Crippen molar-refractivity contribution in [2.24, 2.45) is 0 Å². The Bertz CT molecular complexity index is 333. The highest BCUT2D eigenvalue weighted by Crippen LogP contribution is 1.98. The van der Waals surface area contributed by atoms with Gasteiger partial charge in [0.1, 0.15) is 0 Å². The van der Waals surface area contributed by atoms with Crippen molar-refractivity contribution in [3.8, 4) is 0 Å². The maximum atomic E-state index is 11.0. The molecule has 0 bridgehead atoms. The number of hydrogen-bond donors (Lipinski definition) is 1. The number of nitrogens with one attached hydrogen (secondary N) is 1. The number of hydrogen-bond acceptors (Lipinski definition) is 2. The molecule has 0 radical (unpaired) electrons. The van der Waals surface area contributed by atoms with Crippen molar-refractivity contribution in [3.63, 3.8) is 0 Å². The van der Waals surface area contributed by atoms with E-state index in [1.807, 2.05) is 30.3 Å². The van der Waals surface area contributed by atoms with E-state index < -0.39 is 6.09 Å². The molecule has 0 unspecified atom stereocenters. The summed E-state index contributed by atoms with van der Waals surface area (Å²) in [5, 5.41) is 2.64. The molecule has 0 aliphatic carbocycles. The Morgan fingerprint density at radius 1 is 1.40 bits per heavy atom. The van der Waals surface area contributed by atoms with E-state index in [1.54, 1.807) is 6.92 Å². The lowest BCUT2D eigenvalue weighted by Crippen LogP contribution is -2.25. The molecule has 1 amide bonds. The predicted molar refractivity (Wildman–Crippen MR) is 59.4 cm³/mol.